The molecule has 1 aliphatic heterocycles. The number of hydrogen-bond acceptors (Lipinski definition) is 4. The molecule has 4 rings (SSSR count). The van der Waals surface area contributed by atoms with Gasteiger partial charge in [0.15, 0.2) is 0 Å². The van der Waals surface area contributed by atoms with Gasteiger partial charge in [-0.2, -0.15) is 9.41 Å². The predicted octanol–water partition coefficient (Wildman–Crippen LogP) is 3.53. The van der Waals surface area contributed by atoms with E-state index in [4.69, 9.17) is 0 Å². The normalized spacial score (nSPS) is 16.0. The summed E-state index contributed by atoms with van der Waals surface area (Å²) in [4.78, 5) is 12.5. The number of halogens is 1. The molecule has 0 saturated carbocycles. The molecule has 3 aromatic rings. The van der Waals surface area contributed by atoms with Gasteiger partial charge in [-0.3, -0.25) is 4.79 Å². The van der Waals surface area contributed by atoms with Gasteiger partial charge in [0.25, 0.3) is 0 Å². The third-order valence-corrected chi connectivity index (χ3v) is 7.39. The fourth-order valence-electron chi connectivity index (χ4n) is 3.73. The highest BCUT2D eigenvalue weighted by Crippen LogP contribution is 2.24. The van der Waals surface area contributed by atoms with E-state index in [1.807, 2.05) is 42.5 Å². The minimum Gasteiger partial charge on any atom is -0.273 e. The molecule has 31 heavy (non-hydrogen) atoms. The van der Waals surface area contributed by atoms with Crippen LogP contribution in [-0.2, 0) is 14.8 Å². The van der Waals surface area contributed by atoms with Crippen LogP contribution in [0.4, 0.5) is 4.39 Å². The Balaban J connectivity index is 1.35. The fraction of sp³-hybridized carbons (Fsp3) is 0.217. The van der Waals surface area contributed by atoms with E-state index in [0.717, 1.165) is 28.5 Å². The first-order chi connectivity index (χ1) is 14.9. The van der Waals surface area contributed by atoms with Crippen molar-refractivity contribution in [2.24, 2.45) is 11.0 Å². The van der Waals surface area contributed by atoms with E-state index in [1.165, 1.54) is 16.4 Å². The van der Waals surface area contributed by atoms with Crippen LogP contribution in [0.25, 0.3) is 10.8 Å². The van der Waals surface area contributed by atoms with Crippen molar-refractivity contribution in [1.82, 2.24) is 9.73 Å². The van der Waals surface area contributed by atoms with Gasteiger partial charge in [0, 0.05) is 24.6 Å². The predicted molar refractivity (Wildman–Crippen MR) is 118 cm³/mol. The molecule has 1 saturated heterocycles. The zero-order chi connectivity index (χ0) is 21.8. The van der Waals surface area contributed by atoms with Crippen molar-refractivity contribution in [2.75, 3.05) is 13.1 Å². The quantitative estimate of drug-likeness (QED) is 0.488. The van der Waals surface area contributed by atoms with Gasteiger partial charge in [0.05, 0.1) is 11.1 Å². The van der Waals surface area contributed by atoms with Crippen LogP contribution in [-0.4, -0.2) is 37.9 Å². The molecule has 1 fully saturated rings. The second-order valence-corrected chi connectivity index (χ2v) is 9.37. The van der Waals surface area contributed by atoms with Crippen molar-refractivity contribution in [1.29, 1.82) is 0 Å². The van der Waals surface area contributed by atoms with Crippen LogP contribution in [0, 0.1) is 11.7 Å². The first-order valence-electron chi connectivity index (χ1n) is 10.0. The lowest BCUT2D eigenvalue weighted by Gasteiger charge is -2.30. The SMILES string of the molecule is O=C(N/N=C\c1cccc2ccccc12)C1CCN(S(=O)(=O)c2ccc(F)cc2)CC1. The summed E-state index contributed by atoms with van der Waals surface area (Å²) >= 11 is 0. The molecule has 1 heterocycles. The van der Waals surface area contributed by atoms with Crippen molar-refractivity contribution in [2.45, 2.75) is 17.7 Å². The van der Waals surface area contributed by atoms with Gasteiger partial charge < -0.3 is 0 Å². The van der Waals surface area contributed by atoms with Gasteiger partial charge in [0.1, 0.15) is 5.82 Å². The maximum absolute atomic E-state index is 13.1. The van der Waals surface area contributed by atoms with E-state index >= 15 is 0 Å². The minimum absolute atomic E-state index is 0.0523. The highest BCUT2D eigenvalue weighted by atomic mass is 32.2. The van der Waals surface area contributed by atoms with Crippen LogP contribution in [0.2, 0.25) is 0 Å². The van der Waals surface area contributed by atoms with Crippen molar-refractivity contribution in [3.63, 3.8) is 0 Å². The average molecular weight is 440 g/mol. The minimum atomic E-state index is -3.70. The molecule has 0 atom stereocenters. The Bertz CT molecular complexity index is 1210. The molecule has 6 nitrogen and oxygen atoms in total. The molecule has 0 radical (unpaired) electrons. The Morgan fingerprint density at radius 3 is 2.42 bits per heavy atom. The molecular formula is C23H22FN3O3S. The Hall–Kier alpha value is -3.10. The Kier molecular flexibility index (Phi) is 6.11. The molecule has 0 bridgehead atoms. The van der Waals surface area contributed by atoms with Crippen LogP contribution in [0.1, 0.15) is 18.4 Å². The van der Waals surface area contributed by atoms with Crippen LogP contribution in [0.15, 0.2) is 76.7 Å². The van der Waals surface area contributed by atoms with E-state index in [1.54, 1.807) is 6.21 Å². The Labute approximate surface area is 180 Å². The zero-order valence-corrected chi connectivity index (χ0v) is 17.6. The number of carbonyl (C=O) groups is 1. The fourth-order valence-corrected chi connectivity index (χ4v) is 5.20. The smallest absolute Gasteiger partial charge is 0.243 e. The standard InChI is InChI=1S/C23H22FN3O3S/c24-20-8-10-21(11-9-20)31(29,30)27-14-12-18(13-15-27)23(28)26-25-16-19-6-3-5-17-4-1-2-7-22(17)19/h1-11,16,18H,12-15H2,(H,26,28)/b25-16-. The van der Waals surface area contributed by atoms with Crippen LogP contribution >= 0.6 is 0 Å². The highest BCUT2D eigenvalue weighted by molar-refractivity contribution is 7.89. The number of sulfonamides is 1. The number of hydrazone groups is 1. The lowest BCUT2D eigenvalue weighted by atomic mass is 9.98. The first-order valence-corrected chi connectivity index (χ1v) is 11.5. The number of nitrogens with zero attached hydrogens (tertiary/aromatic N) is 2. The second kappa shape index (κ2) is 8.95. The molecular weight excluding hydrogens is 417 g/mol. The highest BCUT2D eigenvalue weighted by Gasteiger charge is 2.32. The van der Waals surface area contributed by atoms with Crippen molar-refractivity contribution in [3.8, 4) is 0 Å². The van der Waals surface area contributed by atoms with Crippen LogP contribution in [0.5, 0.6) is 0 Å². The maximum Gasteiger partial charge on any atom is 0.243 e. The first kappa shape index (κ1) is 21.1. The van der Waals surface area contributed by atoms with Crippen LogP contribution in [0.3, 0.4) is 0 Å². The van der Waals surface area contributed by atoms with Gasteiger partial charge in [-0.1, -0.05) is 42.5 Å². The lowest BCUT2D eigenvalue weighted by Crippen LogP contribution is -2.42. The lowest BCUT2D eigenvalue weighted by molar-refractivity contribution is -0.126. The number of hydrogen-bond donors (Lipinski definition) is 1. The van der Waals surface area contributed by atoms with E-state index in [2.05, 4.69) is 10.5 Å². The summed E-state index contributed by atoms with van der Waals surface area (Å²) in [5.41, 5.74) is 3.48. The summed E-state index contributed by atoms with van der Waals surface area (Å²) in [5.74, 6) is -1.03. The topological polar surface area (TPSA) is 78.8 Å². The summed E-state index contributed by atoms with van der Waals surface area (Å²) in [6.07, 6.45) is 2.42. The van der Waals surface area contributed by atoms with Gasteiger partial charge in [-0.25, -0.2) is 18.2 Å². The van der Waals surface area contributed by atoms with Gasteiger partial charge in [-0.15, -0.1) is 0 Å². The van der Waals surface area contributed by atoms with Gasteiger partial charge in [0.2, 0.25) is 15.9 Å². The second-order valence-electron chi connectivity index (χ2n) is 7.43. The largest absolute Gasteiger partial charge is 0.273 e. The zero-order valence-electron chi connectivity index (χ0n) is 16.7. The number of nitrogens with one attached hydrogen (secondary N) is 1. The monoisotopic (exact) mass is 439 g/mol. The van der Waals surface area contributed by atoms with Gasteiger partial charge in [-0.05, 0) is 47.9 Å². The molecule has 3 aromatic carbocycles. The molecule has 160 valence electrons. The van der Waals surface area contributed by atoms with Crippen molar-refractivity contribution in [3.05, 3.63) is 78.1 Å². The van der Waals surface area contributed by atoms with Crippen molar-refractivity contribution < 1.29 is 17.6 Å². The molecule has 0 aromatic heterocycles. The summed E-state index contributed by atoms with van der Waals surface area (Å²) in [7, 11) is -3.70. The third kappa shape index (κ3) is 4.65. The average Bonchev–Trinajstić information content (AvgIpc) is 2.79. The summed E-state index contributed by atoms with van der Waals surface area (Å²) in [5, 5.41) is 6.23. The molecule has 1 aliphatic rings. The number of rotatable bonds is 5. The third-order valence-electron chi connectivity index (χ3n) is 5.48. The van der Waals surface area contributed by atoms with Crippen LogP contribution < -0.4 is 5.43 Å². The van der Waals surface area contributed by atoms with E-state index < -0.39 is 15.8 Å². The number of amides is 1. The van der Waals surface area contributed by atoms with E-state index in [-0.39, 0.29) is 29.8 Å². The number of benzene rings is 3. The maximum atomic E-state index is 13.1. The summed E-state index contributed by atoms with van der Waals surface area (Å²) < 4.78 is 39.8. The van der Waals surface area contributed by atoms with Crippen molar-refractivity contribution >= 4 is 32.9 Å². The van der Waals surface area contributed by atoms with E-state index in [0.29, 0.717) is 12.8 Å². The molecule has 8 heteroatoms. The summed E-state index contributed by atoms with van der Waals surface area (Å²) in [6.45, 7) is 0.454. The number of piperidine rings is 1. The molecule has 0 aliphatic carbocycles. The van der Waals surface area contributed by atoms with Gasteiger partial charge >= 0.3 is 0 Å². The molecule has 1 amide bonds. The molecule has 1 N–H and O–H groups in total. The number of fused-ring (bicyclic) bond motifs is 1. The Morgan fingerprint density at radius 1 is 1.00 bits per heavy atom. The Morgan fingerprint density at radius 2 is 1.68 bits per heavy atom. The van der Waals surface area contributed by atoms with E-state index in [9.17, 15) is 17.6 Å². The number of carbonyl (C=O) groups excluding carboxylic acids is 1. The molecule has 0 spiro atoms. The molecule has 0 unspecified atom stereocenters. The summed E-state index contributed by atoms with van der Waals surface area (Å²) in [6, 6.07) is 18.6.